The van der Waals surface area contributed by atoms with Crippen LogP contribution in [-0.2, 0) is 16.1 Å². The molecule has 2 atom stereocenters. The Kier molecular flexibility index (Phi) is 7.43. The second-order valence-electron chi connectivity index (χ2n) is 7.19. The van der Waals surface area contributed by atoms with Gasteiger partial charge in [-0.1, -0.05) is 26.0 Å². The Morgan fingerprint density at radius 3 is 2.59 bits per heavy atom. The Morgan fingerprint density at radius 1 is 1.28 bits per heavy atom. The van der Waals surface area contributed by atoms with Crippen LogP contribution in [0.5, 0.6) is 0 Å². The van der Waals surface area contributed by atoms with E-state index in [4.69, 9.17) is 0 Å². The molecule has 3 N–H and O–H groups in total. The van der Waals surface area contributed by atoms with E-state index in [0.29, 0.717) is 17.7 Å². The van der Waals surface area contributed by atoms with Gasteiger partial charge < -0.3 is 20.1 Å². The van der Waals surface area contributed by atoms with Gasteiger partial charge in [-0.2, -0.15) is 0 Å². The second-order valence-corrected chi connectivity index (χ2v) is 7.19. The number of nitro groups is 1. The van der Waals surface area contributed by atoms with Gasteiger partial charge in [-0.3, -0.25) is 19.7 Å². The number of nitro benzene ring substituents is 1. The van der Waals surface area contributed by atoms with Gasteiger partial charge in [0.15, 0.2) is 0 Å². The molecule has 1 aromatic heterocycles. The van der Waals surface area contributed by atoms with Crippen molar-refractivity contribution in [2.24, 2.45) is 5.92 Å². The third kappa shape index (κ3) is 6.11. The molecule has 0 radical (unpaired) electrons. The highest BCUT2D eigenvalue weighted by atomic mass is 16.6. The van der Waals surface area contributed by atoms with Gasteiger partial charge in [-0.05, 0) is 17.9 Å². The Bertz CT molecular complexity index is 879. The van der Waals surface area contributed by atoms with Crippen molar-refractivity contribution >= 4 is 17.6 Å². The molecule has 10 heteroatoms. The van der Waals surface area contributed by atoms with Gasteiger partial charge in [0, 0.05) is 31.4 Å². The number of aromatic nitrogens is 2. The summed E-state index contributed by atoms with van der Waals surface area (Å²) in [5.74, 6) is -3.04. The lowest BCUT2D eigenvalue weighted by molar-refractivity contribution is -0.384. The zero-order valence-electron chi connectivity index (χ0n) is 16.2. The van der Waals surface area contributed by atoms with Crippen LogP contribution in [0, 0.1) is 16.0 Å². The fourth-order valence-electron chi connectivity index (χ4n) is 3.04. The lowest BCUT2D eigenvalue weighted by Crippen LogP contribution is -2.41. The average Bonchev–Trinajstić information content (AvgIpc) is 3.08. The van der Waals surface area contributed by atoms with Crippen LogP contribution in [0.25, 0.3) is 0 Å². The quantitative estimate of drug-likeness (QED) is 0.381. The fraction of sp³-hybridized carbons (Fsp3) is 0.421. The zero-order valence-corrected chi connectivity index (χ0v) is 16.2. The minimum Gasteiger partial charge on any atom is -0.481 e. The van der Waals surface area contributed by atoms with E-state index < -0.39 is 28.8 Å². The third-order valence-corrected chi connectivity index (χ3v) is 4.45. The molecule has 0 spiro atoms. The first-order valence-electron chi connectivity index (χ1n) is 9.11. The van der Waals surface area contributed by atoms with Crippen molar-refractivity contribution in [2.75, 3.05) is 6.54 Å². The Hall–Kier alpha value is -3.27. The molecule has 0 aliphatic heterocycles. The Labute approximate surface area is 167 Å². The fourth-order valence-corrected chi connectivity index (χ4v) is 3.04. The minimum atomic E-state index is -1.12. The predicted molar refractivity (Wildman–Crippen MR) is 104 cm³/mol. The third-order valence-electron chi connectivity index (χ3n) is 4.45. The largest absolute Gasteiger partial charge is 0.481 e. The molecule has 2 rings (SSSR count). The van der Waals surface area contributed by atoms with Crippen LogP contribution in [-0.4, -0.2) is 49.2 Å². The van der Waals surface area contributed by atoms with E-state index in [1.807, 2.05) is 13.8 Å². The number of imidazole rings is 1. The summed E-state index contributed by atoms with van der Waals surface area (Å²) >= 11 is 0. The highest BCUT2D eigenvalue weighted by Crippen LogP contribution is 2.20. The van der Waals surface area contributed by atoms with E-state index in [-0.39, 0.29) is 24.7 Å². The maximum atomic E-state index is 11.8. The highest BCUT2D eigenvalue weighted by Gasteiger charge is 2.27. The molecule has 2 unspecified atom stereocenters. The molecule has 1 aromatic carbocycles. The summed E-state index contributed by atoms with van der Waals surface area (Å²) in [5, 5.41) is 32.8. The molecule has 10 nitrogen and oxygen atoms in total. The number of aliphatic carboxylic acids is 2. The van der Waals surface area contributed by atoms with Gasteiger partial charge in [0.25, 0.3) is 5.69 Å². The number of hydrogen-bond donors (Lipinski definition) is 3. The second kappa shape index (κ2) is 9.78. The summed E-state index contributed by atoms with van der Waals surface area (Å²) in [6.45, 7) is 3.90. The van der Waals surface area contributed by atoms with Crippen LogP contribution in [0.3, 0.4) is 0 Å². The standard InChI is InChI=1S/C19H24N4O6/c1-12(2)6-16(19(26)27)21-8-15(18(24)25)17-9-20-11-22(17)10-13-4-3-5-14(7-13)23(28)29/h3-5,7,9,11-12,15-16,21H,6,8,10H2,1-2H3,(H,24,25)(H,26,27). The van der Waals surface area contributed by atoms with Crippen LogP contribution >= 0.6 is 0 Å². The molecule has 0 aliphatic carbocycles. The van der Waals surface area contributed by atoms with E-state index in [1.165, 1.54) is 24.7 Å². The summed E-state index contributed by atoms with van der Waals surface area (Å²) in [5.41, 5.74) is 0.947. The van der Waals surface area contributed by atoms with Crippen molar-refractivity contribution in [3.63, 3.8) is 0 Å². The number of rotatable bonds is 11. The highest BCUT2D eigenvalue weighted by molar-refractivity contribution is 5.76. The molecule has 2 aromatic rings. The van der Waals surface area contributed by atoms with Crippen molar-refractivity contribution in [3.05, 3.63) is 58.2 Å². The molecule has 29 heavy (non-hydrogen) atoms. The number of non-ortho nitro benzene ring substituents is 1. The molecule has 0 fully saturated rings. The number of hydrogen-bond acceptors (Lipinski definition) is 6. The number of nitrogens with one attached hydrogen (secondary N) is 1. The lowest BCUT2D eigenvalue weighted by Gasteiger charge is -2.20. The monoisotopic (exact) mass is 404 g/mol. The Morgan fingerprint density at radius 2 is 2.00 bits per heavy atom. The van der Waals surface area contributed by atoms with Gasteiger partial charge >= 0.3 is 11.9 Å². The zero-order chi connectivity index (χ0) is 21.6. The van der Waals surface area contributed by atoms with Crippen molar-refractivity contribution < 1.29 is 24.7 Å². The lowest BCUT2D eigenvalue weighted by atomic mass is 10.0. The van der Waals surface area contributed by atoms with E-state index in [2.05, 4.69) is 10.3 Å². The summed E-state index contributed by atoms with van der Waals surface area (Å²) in [7, 11) is 0. The van der Waals surface area contributed by atoms with Gasteiger partial charge in [-0.25, -0.2) is 4.98 Å². The molecule has 156 valence electrons. The predicted octanol–water partition coefficient (Wildman–Crippen LogP) is 2.10. The summed E-state index contributed by atoms with van der Waals surface area (Å²) in [6, 6.07) is 5.20. The summed E-state index contributed by atoms with van der Waals surface area (Å²) in [6.07, 6.45) is 3.23. The van der Waals surface area contributed by atoms with E-state index in [0.717, 1.165) is 0 Å². The number of carboxylic acid groups (broad SMARTS) is 2. The van der Waals surface area contributed by atoms with Gasteiger partial charge in [0.2, 0.25) is 0 Å². The average molecular weight is 404 g/mol. The number of carboxylic acids is 2. The number of carbonyl (C=O) groups is 2. The molecule has 1 heterocycles. The molecule has 0 bridgehead atoms. The van der Waals surface area contributed by atoms with Gasteiger partial charge in [0.1, 0.15) is 12.0 Å². The van der Waals surface area contributed by atoms with Crippen LogP contribution in [0.2, 0.25) is 0 Å². The van der Waals surface area contributed by atoms with Gasteiger partial charge in [0.05, 0.1) is 16.9 Å². The van der Waals surface area contributed by atoms with Crippen molar-refractivity contribution in [2.45, 2.75) is 38.8 Å². The first-order valence-corrected chi connectivity index (χ1v) is 9.11. The normalized spacial score (nSPS) is 13.2. The molecule has 0 saturated carbocycles. The summed E-state index contributed by atoms with van der Waals surface area (Å²) in [4.78, 5) is 37.7. The van der Waals surface area contributed by atoms with Crippen LogP contribution in [0.4, 0.5) is 5.69 Å². The minimum absolute atomic E-state index is 0.0569. The maximum Gasteiger partial charge on any atom is 0.320 e. The molecule has 0 aliphatic rings. The van der Waals surface area contributed by atoms with Crippen LogP contribution in [0.15, 0.2) is 36.8 Å². The molecular weight excluding hydrogens is 380 g/mol. The van der Waals surface area contributed by atoms with Crippen LogP contribution < -0.4 is 5.32 Å². The molecular formula is C19H24N4O6. The van der Waals surface area contributed by atoms with Crippen LogP contribution in [0.1, 0.15) is 37.4 Å². The van der Waals surface area contributed by atoms with E-state index in [1.54, 1.807) is 16.7 Å². The number of benzene rings is 1. The summed E-state index contributed by atoms with van der Waals surface area (Å²) < 4.78 is 1.59. The van der Waals surface area contributed by atoms with Gasteiger partial charge in [-0.15, -0.1) is 0 Å². The first-order chi connectivity index (χ1) is 13.7. The topological polar surface area (TPSA) is 148 Å². The molecule has 0 saturated heterocycles. The maximum absolute atomic E-state index is 11.8. The van der Waals surface area contributed by atoms with Crippen molar-refractivity contribution in [1.29, 1.82) is 0 Å². The first kappa shape index (κ1) is 22.0. The Balaban J connectivity index is 2.20. The molecule has 0 amide bonds. The SMILES string of the molecule is CC(C)CC(NCC(C(=O)O)c1cncn1Cc1cccc([N+](=O)[O-])c1)C(=O)O. The van der Waals surface area contributed by atoms with E-state index >= 15 is 0 Å². The van der Waals surface area contributed by atoms with Crippen molar-refractivity contribution in [3.8, 4) is 0 Å². The smallest absolute Gasteiger partial charge is 0.320 e. The van der Waals surface area contributed by atoms with E-state index in [9.17, 15) is 29.9 Å². The number of nitrogens with zero attached hydrogens (tertiary/aromatic N) is 3. The van der Waals surface area contributed by atoms with Crippen molar-refractivity contribution in [1.82, 2.24) is 14.9 Å².